The Kier molecular flexibility index (Phi) is 11.1. The van der Waals surface area contributed by atoms with Crippen LogP contribution in [0, 0.1) is 0 Å². The van der Waals surface area contributed by atoms with E-state index in [0.29, 0.717) is 13.1 Å². The minimum Gasteiger partial charge on any atom is -0.392 e. The Morgan fingerprint density at radius 1 is 1.00 bits per heavy atom. The van der Waals surface area contributed by atoms with Crippen molar-refractivity contribution in [3.8, 4) is 0 Å². The average Bonchev–Trinajstić information content (AvgIpc) is 1.89. The van der Waals surface area contributed by atoms with Gasteiger partial charge >= 0.3 is 0 Å². The van der Waals surface area contributed by atoms with Gasteiger partial charge in [-0.2, -0.15) is 0 Å². The van der Waals surface area contributed by atoms with Crippen LogP contribution in [0.2, 0.25) is 0 Å². The molecule has 0 radical (unpaired) electrons. The van der Waals surface area contributed by atoms with E-state index in [1.165, 1.54) is 0 Å². The number of aliphatic hydroxyl groups excluding tert-OH is 2. The molecule has 0 amide bonds. The van der Waals surface area contributed by atoms with Crippen LogP contribution in [-0.2, 0) is 0 Å². The molecule has 0 saturated heterocycles. The molecule has 2 atom stereocenters. The second-order valence-corrected chi connectivity index (χ2v) is 2.17. The second kappa shape index (κ2) is 8.84. The summed E-state index contributed by atoms with van der Waals surface area (Å²) in [6.45, 7) is 4.03. The van der Waals surface area contributed by atoms with Gasteiger partial charge in [-0.25, -0.2) is 0 Å². The smallest absolute Gasteiger partial charge is 0.0634 e. The van der Waals surface area contributed by atoms with Gasteiger partial charge in [0.25, 0.3) is 0 Å². The molecule has 0 spiro atoms. The molecule has 0 saturated carbocycles. The predicted molar refractivity (Wildman–Crippen MR) is 41.5 cm³/mol. The molecule has 10 heavy (non-hydrogen) atoms. The number of hydrogen-bond donors (Lipinski definition) is 4. The maximum atomic E-state index is 8.24. The van der Waals surface area contributed by atoms with Crippen LogP contribution in [0.1, 0.15) is 13.8 Å². The largest absolute Gasteiger partial charge is 0.392 e. The van der Waals surface area contributed by atoms with Gasteiger partial charge in [0.15, 0.2) is 0 Å². The molecule has 4 heteroatoms. The molecule has 4 nitrogen and oxygen atoms in total. The minimum atomic E-state index is -0.338. The maximum Gasteiger partial charge on any atom is 0.0634 e. The zero-order chi connectivity index (χ0) is 8.57. The van der Waals surface area contributed by atoms with Crippen molar-refractivity contribution in [1.82, 2.24) is 0 Å². The van der Waals surface area contributed by atoms with Crippen molar-refractivity contribution in [2.75, 3.05) is 13.1 Å². The second-order valence-electron chi connectivity index (χ2n) is 2.17. The molecule has 0 bridgehead atoms. The van der Waals surface area contributed by atoms with Crippen LogP contribution in [0.3, 0.4) is 0 Å². The van der Waals surface area contributed by atoms with Gasteiger partial charge in [0.2, 0.25) is 0 Å². The zero-order valence-corrected chi connectivity index (χ0v) is 6.62. The molecule has 0 fully saturated rings. The van der Waals surface area contributed by atoms with Crippen molar-refractivity contribution < 1.29 is 10.2 Å². The van der Waals surface area contributed by atoms with E-state index < -0.39 is 0 Å². The van der Waals surface area contributed by atoms with Gasteiger partial charge in [-0.3, -0.25) is 0 Å². The van der Waals surface area contributed by atoms with E-state index in [0.717, 1.165) is 0 Å². The third-order valence-corrected chi connectivity index (χ3v) is 0.682. The van der Waals surface area contributed by atoms with Crippen LogP contribution >= 0.6 is 0 Å². The lowest BCUT2D eigenvalue weighted by Gasteiger charge is -1.91. The van der Waals surface area contributed by atoms with E-state index in [4.69, 9.17) is 21.7 Å². The highest BCUT2D eigenvalue weighted by atomic mass is 16.3. The molecular weight excluding hydrogens is 132 g/mol. The predicted octanol–water partition coefficient (Wildman–Crippen LogP) is -1.35. The minimum absolute atomic E-state index is 0.338. The third-order valence-electron chi connectivity index (χ3n) is 0.682. The van der Waals surface area contributed by atoms with Crippen LogP contribution in [-0.4, -0.2) is 35.5 Å². The maximum absolute atomic E-state index is 8.24. The van der Waals surface area contributed by atoms with Crippen LogP contribution < -0.4 is 11.5 Å². The van der Waals surface area contributed by atoms with Crippen LogP contribution in [0.25, 0.3) is 0 Å². The number of nitrogens with two attached hydrogens (primary N) is 2. The molecule has 0 aliphatic rings. The lowest BCUT2D eigenvalue weighted by molar-refractivity contribution is 0.203. The Balaban J connectivity index is 0. The van der Waals surface area contributed by atoms with Gasteiger partial charge < -0.3 is 21.7 Å². The highest BCUT2D eigenvalue weighted by Crippen LogP contribution is 1.66. The van der Waals surface area contributed by atoms with E-state index in [2.05, 4.69) is 0 Å². The molecule has 64 valence electrons. The monoisotopic (exact) mass is 150 g/mol. The molecule has 0 aromatic rings. The van der Waals surface area contributed by atoms with Crippen LogP contribution in [0.15, 0.2) is 0 Å². The summed E-state index contributed by atoms with van der Waals surface area (Å²) in [5.41, 5.74) is 9.84. The van der Waals surface area contributed by atoms with Gasteiger partial charge in [-0.1, -0.05) is 0 Å². The summed E-state index contributed by atoms with van der Waals surface area (Å²) in [5, 5.41) is 16.5. The normalized spacial score (nSPS) is 15.0. The van der Waals surface area contributed by atoms with Crippen molar-refractivity contribution >= 4 is 0 Å². The number of rotatable bonds is 2. The quantitative estimate of drug-likeness (QED) is 0.391. The molecule has 0 heterocycles. The Bertz CT molecular complexity index is 49.7. The standard InChI is InChI=1S/2C3H9NO/c2*1-3(5)2-4/h2*3,5H,2,4H2,1H3/t2*3-/m11/s1. The van der Waals surface area contributed by atoms with Crippen LogP contribution in [0.5, 0.6) is 0 Å². The fourth-order valence-corrected chi connectivity index (χ4v) is 0. The molecule has 0 aliphatic heterocycles. The molecule has 0 aromatic heterocycles. The fourth-order valence-electron chi connectivity index (χ4n) is 0. The Labute approximate surface area is 61.8 Å². The molecule has 0 aliphatic carbocycles. The highest BCUT2D eigenvalue weighted by Gasteiger charge is 1.82. The van der Waals surface area contributed by atoms with E-state index in [9.17, 15) is 0 Å². The van der Waals surface area contributed by atoms with Crippen molar-refractivity contribution in [3.63, 3.8) is 0 Å². The van der Waals surface area contributed by atoms with Crippen molar-refractivity contribution in [3.05, 3.63) is 0 Å². The lowest BCUT2D eigenvalue weighted by Crippen LogP contribution is -2.14. The lowest BCUT2D eigenvalue weighted by atomic mass is 10.4. The summed E-state index contributed by atoms with van der Waals surface area (Å²) in [6, 6.07) is 0. The zero-order valence-electron chi connectivity index (χ0n) is 6.62. The summed E-state index contributed by atoms with van der Waals surface area (Å²) < 4.78 is 0. The van der Waals surface area contributed by atoms with E-state index in [1.807, 2.05) is 0 Å². The summed E-state index contributed by atoms with van der Waals surface area (Å²) >= 11 is 0. The fraction of sp³-hybridized carbons (Fsp3) is 1.00. The first-order valence-electron chi connectivity index (χ1n) is 3.30. The van der Waals surface area contributed by atoms with Gasteiger partial charge in [0, 0.05) is 13.1 Å². The molecule has 0 rings (SSSR count). The van der Waals surface area contributed by atoms with E-state index in [1.54, 1.807) is 13.8 Å². The average molecular weight is 150 g/mol. The van der Waals surface area contributed by atoms with Crippen LogP contribution in [0.4, 0.5) is 0 Å². The Morgan fingerprint density at radius 3 is 1.10 bits per heavy atom. The van der Waals surface area contributed by atoms with Gasteiger partial charge in [0.1, 0.15) is 0 Å². The molecule has 0 aromatic carbocycles. The van der Waals surface area contributed by atoms with Gasteiger partial charge in [-0.15, -0.1) is 0 Å². The van der Waals surface area contributed by atoms with E-state index >= 15 is 0 Å². The first-order chi connectivity index (χ1) is 4.54. The topological polar surface area (TPSA) is 92.5 Å². The number of hydrogen-bond acceptors (Lipinski definition) is 4. The van der Waals surface area contributed by atoms with Gasteiger partial charge in [-0.05, 0) is 13.8 Å². The summed E-state index contributed by atoms with van der Waals surface area (Å²) in [7, 11) is 0. The first kappa shape index (κ1) is 12.5. The molecule has 0 unspecified atom stereocenters. The van der Waals surface area contributed by atoms with E-state index in [-0.39, 0.29) is 12.2 Å². The van der Waals surface area contributed by atoms with Gasteiger partial charge in [0.05, 0.1) is 12.2 Å². The Morgan fingerprint density at radius 2 is 1.10 bits per heavy atom. The highest BCUT2D eigenvalue weighted by molar-refractivity contribution is 4.40. The SMILES string of the molecule is C[C@@H](O)CN.C[C@@H](O)CN. The third kappa shape index (κ3) is 24.9. The Hall–Kier alpha value is -0.160. The summed E-state index contributed by atoms with van der Waals surface area (Å²) in [5.74, 6) is 0. The first-order valence-corrected chi connectivity index (χ1v) is 3.30. The summed E-state index contributed by atoms with van der Waals surface area (Å²) in [4.78, 5) is 0. The van der Waals surface area contributed by atoms with Crippen molar-refractivity contribution in [1.29, 1.82) is 0 Å². The number of aliphatic hydroxyl groups is 2. The molecule has 6 N–H and O–H groups in total. The molecular formula is C6H18N2O2. The summed E-state index contributed by atoms with van der Waals surface area (Å²) in [6.07, 6.45) is -0.676. The van der Waals surface area contributed by atoms with Crippen molar-refractivity contribution in [2.24, 2.45) is 11.5 Å². The van der Waals surface area contributed by atoms with Crippen molar-refractivity contribution in [2.45, 2.75) is 26.1 Å².